The van der Waals surface area contributed by atoms with Crippen LogP contribution in [0.2, 0.25) is 0 Å². The first-order chi connectivity index (χ1) is 16.4. The minimum absolute atomic E-state index is 0.180. The van der Waals surface area contributed by atoms with Crippen molar-refractivity contribution in [2.24, 2.45) is 0 Å². The van der Waals surface area contributed by atoms with Crippen molar-refractivity contribution in [3.8, 4) is 5.75 Å². The fraction of sp³-hybridized carbons (Fsp3) is 0.120. The van der Waals surface area contributed by atoms with Gasteiger partial charge in [0.2, 0.25) is 5.91 Å². The molecule has 0 atom stereocenters. The van der Waals surface area contributed by atoms with Gasteiger partial charge in [0.25, 0.3) is 17.7 Å². The first-order valence-electron chi connectivity index (χ1n) is 10.5. The molecule has 2 aliphatic rings. The number of halogens is 1. The summed E-state index contributed by atoms with van der Waals surface area (Å²) < 4.78 is 18.7. The van der Waals surface area contributed by atoms with Gasteiger partial charge in [-0.25, -0.2) is 4.39 Å². The van der Waals surface area contributed by atoms with Crippen LogP contribution in [0, 0.1) is 5.82 Å². The summed E-state index contributed by atoms with van der Waals surface area (Å²) >= 11 is 0. The van der Waals surface area contributed by atoms with Crippen molar-refractivity contribution in [3.05, 3.63) is 89.2 Å². The number of rotatable bonds is 5. The van der Waals surface area contributed by atoms with Gasteiger partial charge in [0.1, 0.15) is 18.1 Å². The topological polar surface area (TPSA) is 96.0 Å². The number of hydrogen-bond donors (Lipinski definition) is 1. The highest BCUT2D eigenvalue weighted by molar-refractivity contribution is 6.22. The summed E-state index contributed by atoms with van der Waals surface area (Å²) in [5, 5.41) is 2.66. The average Bonchev–Trinajstić information content (AvgIpc) is 3.07. The van der Waals surface area contributed by atoms with Crippen LogP contribution in [0.25, 0.3) is 0 Å². The Balaban J connectivity index is 1.29. The Hall–Kier alpha value is -4.53. The predicted octanol–water partition coefficient (Wildman–Crippen LogP) is 2.99. The predicted molar refractivity (Wildman–Crippen MR) is 120 cm³/mol. The summed E-state index contributed by atoms with van der Waals surface area (Å²) in [5.74, 6) is -1.80. The molecule has 5 rings (SSSR count). The van der Waals surface area contributed by atoms with Crippen LogP contribution in [-0.4, -0.2) is 41.7 Å². The van der Waals surface area contributed by atoms with Gasteiger partial charge >= 0.3 is 0 Å². The van der Waals surface area contributed by atoms with E-state index in [9.17, 15) is 23.6 Å². The number of nitrogens with one attached hydrogen (secondary N) is 1. The van der Waals surface area contributed by atoms with Gasteiger partial charge in [-0.3, -0.25) is 24.1 Å². The van der Waals surface area contributed by atoms with E-state index in [4.69, 9.17) is 4.74 Å². The number of amides is 4. The van der Waals surface area contributed by atoms with Crippen molar-refractivity contribution in [1.29, 1.82) is 0 Å². The number of imide groups is 1. The zero-order valence-electron chi connectivity index (χ0n) is 17.8. The van der Waals surface area contributed by atoms with Crippen molar-refractivity contribution in [1.82, 2.24) is 4.90 Å². The summed E-state index contributed by atoms with van der Waals surface area (Å²) in [5.41, 5.74) is 2.19. The number of carbonyl (C=O) groups excluding carboxylic acids is 4. The normalized spacial score (nSPS) is 14.6. The third kappa shape index (κ3) is 3.88. The zero-order chi connectivity index (χ0) is 23.8. The first kappa shape index (κ1) is 21.3. The highest BCUT2D eigenvalue weighted by atomic mass is 19.1. The largest absolute Gasteiger partial charge is 0.481 e. The SMILES string of the molecule is O=C(CN1C(=O)c2ccccc2C1=O)Nc1ccc2c(c1)OCC(=O)N2Cc1ccc(F)cc1. The number of fused-ring (bicyclic) bond motifs is 2. The van der Waals surface area contributed by atoms with Crippen LogP contribution in [-0.2, 0) is 16.1 Å². The van der Waals surface area contributed by atoms with Gasteiger partial charge in [-0.15, -0.1) is 0 Å². The molecule has 0 saturated carbocycles. The lowest BCUT2D eigenvalue weighted by Gasteiger charge is -2.30. The van der Waals surface area contributed by atoms with Crippen LogP contribution in [0.1, 0.15) is 26.3 Å². The summed E-state index contributed by atoms with van der Waals surface area (Å²) in [6.45, 7) is -0.374. The Morgan fingerprint density at radius 2 is 1.59 bits per heavy atom. The van der Waals surface area contributed by atoms with E-state index in [0.29, 0.717) is 17.1 Å². The van der Waals surface area contributed by atoms with E-state index < -0.39 is 24.3 Å². The van der Waals surface area contributed by atoms with E-state index in [2.05, 4.69) is 5.32 Å². The number of carbonyl (C=O) groups is 4. The molecule has 4 amide bonds. The number of hydrogen-bond acceptors (Lipinski definition) is 5. The maximum Gasteiger partial charge on any atom is 0.265 e. The molecule has 8 nitrogen and oxygen atoms in total. The molecule has 2 heterocycles. The molecule has 0 saturated heterocycles. The van der Waals surface area contributed by atoms with Gasteiger partial charge in [0.05, 0.1) is 23.4 Å². The van der Waals surface area contributed by atoms with Crippen molar-refractivity contribution in [2.75, 3.05) is 23.4 Å². The van der Waals surface area contributed by atoms with E-state index in [0.717, 1.165) is 10.5 Å². The molecule has 0 fully saturated rings. The average molecular weight is 459 g/mol. The molecular weight excluding hydrogens is 441 g/mol. The quantitative estimate of drug-likeness (QED) is 0.592. The molecule has 170 valence electrons. The van der Waals surface area contributed by atoms with Crippen LogP contribution >= 0.6 is 0 Å². The van der Waals surface area contributed by atoms with Crippen LogP contribution in [0.3, 0.4) is 0 Å². The molecule has 3 aromatic carbocycles. The molecule has 0 bridgehead atoms. The lowest BCUT2D eigenvalue weighted by atomic mass is 10.1. The molecule has 1 N–H and O–H groups in total. The van der Waals surface area contributed by atoms with E-state index in [1.54, 1.807) is 54.6 Å². The van der Waals surface area contributed by atoms with Crippen molar-refractivity contribution in [2.45, 2.75) is 6.54 Å². The summed E-state index contributed by atoms with van der Waals surface area (Å²) in [7, 11) is 0. The molecule has 0 aliphatic carbocycles. The van der Waals surface area contributed by atoms with E-state index >= 15 is 0 Å². The smallest absolute Gasteiger partial charge is 0.265 e. The second-order valence-corrected chi connectivity index (χ2v) is 7.87. The fourth-order valence-corrected chi connectivity index (χ4v) is 3.95. The summed E-state index contributed by atoms with van der Waals surface area (Å²) in [6.07, 6.45) is 0. The molecule has 9 heteroatoms. The van der Waals surface area contributed by atoms with Crippen LogP contribution < -0.4 is 15.0 Å². The maximum atomic E-state index is 13.2. The van der Waals surface area contributed by atoms with Gasteiger partial charge in [-0.2, -0.15) is 0 Å². The van der Waals surface area contributed by atoms with Crippen molar-refractivity contribution >= 4 is 35.0 Å². The molecule has 34 heavy (non-hydrogen) atoms. The van der Waals surface area contributed by atoms with Crippen molar-refractivity contribution in [3.63, 3.8) is 0 Å². The van der Waals surface area contributed by atoms with Gasteiger partial charge in [-0.05, 0) is 42.0 Å². The molecule has 0 unspecified atom stereocenters. The van der Waals surface area contributed by atoms with Crippen LogP contribution in [0.5, 0.6) is 5.75 Å². The number of anilines is 2. The molecule has 2 aliphatic heterocycles. The van der Waals surface area contributed by atoms with Crippen LogP contribution in [0.4, 0.5) is 15.8 Å². The highest BCUT2D eigenvalue weighted by Crippen LogP contribution is 2.35. The van der Waals surface area contributed by atoms with Gasteiger partial charge < -0.3 is 15.0 Å². The number of ether oxygens (including phenoxy) is 1. The van der Waals surface area contributed by atoms with E-state index in [-0.39, 0.29) is 36.0 Å². The Kier molecular flexibility index (Phi) is 5.29. The lowest BCUT2D eigenvalue weighted by molar-refractivity contribution is -0.121. The van der Waals surface area contributed by atoms with Crippen LogP contribution in [0.15, 0.2) is 66.7 Å². The zero-order valence-corrected chi connectivity index (χ0v) is 17.8. The fourth-order valence-electron chi connectivity index (χ4n) is 3.95. The minimum Gasteiger partial charge on any atom is -0.481 e. The number of benzene rings is 3. The standard InChI is InChI=1S/C25H18FN3O5/c26-16-7-5-15(6-8-16)12-28-20-10-9-17(11-21(20)34-14-23(28)31)27-22(30)13-29-24(32)18-3-1-2-4-19(18)25(29)33/h1-11H,12-14H2,(H,27,30). The second kappa shape index (κ2) is 8.43. The summed E-state index contributed by atoms with van der Waals surface area (Å²) in [6, 6.07) is 17.1. The molecule has 0 spiro atoms. The second-order valence-electron chi connectivity index (χ2n) is 7.87. The highest BCUT2D eigenvalue weighted by Gasteiger charge is 2.36. The first-order valence-corrected chi connectivity index (χ1v) is 10.5. The Labute approximate surface area is 193 Å². The lowest BCUT2D eigenvalue weighted by Crippen LogP contribution is -2.38. The minimum atomic E-state index is -0.551. The third-order valence-corrected chi connectivity index (χ3v) is 5.62. The molecule has 0 aromatic heterocycles. The van der Waals surface area contributed by atoms with Gasteiger partial charge in [-0.1, -0.05) is 24.3 Å². The monoisotopic (exact) mass is 459 g/mol. The Morgan fingerprint density at radius 3 is 2.26 bits per heavy atom. The Bertz CT molecular complexity index is 1300. The molecular formula is C25H18FN3O5. The van der Waals surface area contributed by atoms with E-state index in [1.165, 1.54) is 17.0 Å². The Morgan fingerprint density at radius 1 is 0.912 bits per heavy atom. The van der Waals surface area contributed by atoms with Gasteiger partial charge in [0, 0.05) is 11.8 Å². The van der Waals surface area contributed by atoms with Crippen molar-refractivity contribution < 1.29 is 28.3 Å². The van der Waals surface area contributed by atoms with Gasteiger partial charge in [0.15, 0.2) is 6.61 Å². The molecule has 3 aromatic rings. The number of nitrogens with zero attached hydrogens (tertiary/aromatic N) is 2. The third-order valence-electron chi connectivity index (χ3n) is 5.62. The maximum absolute atomic E-state index is 13.2. The van der Waals surface area contributed by atoms with E-state index in [1.807, 2.05) is 0 Å². The summed E-state index contributed by atoms with van der Waals surface area (Å²) in [4.78, 5) is 52.4. The molecule has 0 radical (unpaired) electrons.